The second kappa shape index (κ2) is 10.1. The van der Waals surface area contributed by atoms with Crippen molar-refractivity contribution in [2.24, 2.45) is 0 Å². The molecule has 4 aromatic carbocycles. The summed E-state index contributed by atoms with van der Waals surface area (Å²) in [5.41, 5.74) is 3.25. The summed E-state index contributed by atoms with van der Waals surface area (Å²) in [6, 6.07) is 40.6. The van der Waals surface area contributed by atoms with Crippen LogP contribution in [0, 0.1) is 0 Å². The van der Waals surface area contributed by atoms with Gasteiger partial charge in [-0.1, -0.05) is 121 Å². The van der Waals surface area contributed by atoms with Gasteiger partial charge in [0.15, 0.2) is 6.10 Å². The lowest BCUT2D eigenvalue weighted by Gasteiger charge is -2.50. The number of ether oxygens (including phenoxy) is 1. The van der Waals surface area contributed by atoms with Gasteiger partial charge in [-0.15, -0.1) is 0 Å². The number of amides is 1. The van der Waals surface area contributed by atoms with Crippen molar-refractivity contribution < 1.29 is 9.53 Å². The number of hydrogen-bond acceptors (Lipinski definition) is 3. The van der Waals surface area contributed by atoms with Crippen LogP contribution in [0.3, 0.4) is 0 Å². The number of likely N-dealkylation sites (tertiary alicyclic amines) is 1. The molecule has 1 heterocycles. The number of hydrogen-bond donors (Lipinski definition) is 0. The van der Waals surface area contributed by atoms with Gasteiger partial charge in [-0.25, -0.2) is 0 Å². The molecule has 0 spiro atoms. The average molecular weight is 452 g/mol. The van der Waals surface area contributed by atoms with Gasteiger partial charge >= 0.3 is 0 Å². The Morgan fingerprint density at radius 3 is 1.91 bits per heavy atom. The van der Waals surface area contributed by atoms with Crippen LogP contribution in [0.4, 0.5) is 0 Å². The lowest BCUT2D eigenvalue weighted by Crippen LogP contribution is -2.60. The average Bonchev–Trinajstić information content (AvgIpc) is 2.89. The largest absolute Gasteiger partial charge is 0.361 e. The third kappa shape index (κ3) is 4.72. The van der Waals surface area contributed by atoms with E-state index in [0.29, 0.717) is 6.61 Å². The Kier molecular flexibility index (Phi) is 6.56. The first kappa shape index (κ1) is 21.5. The predicted molar refractivity (Wildman–Crippen MR) is 133 cm³/mol. The molecular formula is C29H25NO2S. The van der Waals surface area contributed by atoms with Crippen molar-refractivity contribution in [1.82, 2.24) is 4.90 Å². The molecule has 0 bridgehead atoms. The number of thioether (sulfide) groups is 1. The van der Waals surface area contributed by atoms with Crippen LogP contribution in [-0.2, 0) is 16.1 Å². The molecule has 0 saturated carbocycles. The number of carbonyl (C=O) groups excluding carboxylic acids is 1. The molecule has 1 aliphatic rings. The Morgan fingerprint density at radius 1 is 0.727 bits per heavy atom. The van der Waals surface area contributed by atoms with Gasteiger partial charge in [0.2, 0.25) is 0 Å². The molecule has 0 aromatic heterocycles. The third-order valence-corrected chi connectivity index (χ3v) is 7.09. The Balaban J connectivity index is 1.47. The van der Waals surface area contributed by atoms with Gasteiger partial charge in [-0.05, 0) is 28.8 Å². The minimum absolute atomic E-state index is 0.0251. The van der Waals surface area contributed by atoms with Crippen LogP contribution in [0.25, 0.3) is 0 Å². The minimum Gasteiger partial charge on any atom is -0.361 e. The van der Waals surface area contributed by atoms with Gasteiger partial charge in [0.1, 0.15) is 5.37 Å². The van der Waals surface area contributed by atoms with E-state index >= 15 is 0 Å². The maximum atomic E-state index is 13.6. The van der Waals surface area contributed by atoms with Crippen LogP contribution < -0.4 is 0 Å². The normalized spacial score (nSPS) is 18.5. The summed E-state index contributed by atoms with van der Waals surface area (Å²) in [5.74, 6) is 0.0251. The van der Waals surface area contributed by atoms with Gasteiger partial charge in [0.25, 0.3) is 5.91 Å². The molecule has 1 aliphatic heterocycles. The first-order chi connectivity index (χ1) is 16.3. The van der Waals surface area contributed by atoms with Crippen LogP contribution in [-0.4, -0.2) is 16.9 Å². The Labute approximate surface area is 199 Å². The molecule has 4 heteroatoms. The highest BCUT2D eigenvalue weighted by Gasteiger charge is 2.52. The zero-order valence-electron chi connectivity index (χ0n) is 18.2. The van der Waals surface area contributed by atoms with Gasteiger partial charge in [0, 0.05) is 4.90 Å². The molecule has 5 rings (SSSR count). The summed E-state index contributed by atoms with van der Waals surface area (Å²) in [7, 11) is 0. The Morgan fingerprint density at radius 2 is 1.27 bits per heavy atom. The third-order valence-electron chi connectivity index (χ3n) is 5.83. The lowest BCUT2D eigenvalue weighted by molar-refractivity contribution is -0.178. The quantitative estimate of drug-likeness (QED) is 0.222. The molecule has 0 unspecified atom stereocenters. The van der Waals surface area contributed by atoms with Crippen LogP contribution in [0.15, 0.2) is 126 Å². The zero-order valence-corrected chi connectivity index (χ0v) is 19.0. The number of β-lactam (4-membered cyclic amide) rings is 1. The molecule has 4 aromatic rings. The Hall–Kier alpha value is -3.34. The summed E-state index contributed by atoms with van der Waals surface area (Å²) in [4.78, 5) is 16.7. The predicted octanol–water partition coefficient (Wildman–Crippen LogP) is 6.65. The van der Waals surface area contributed by atoms with Crippen LogP contribution in [0.5, 0.6) is 0 Å². The summed E-state index contributed by atoms with van der Waals surface area (Å²) in [5, 5.41) is -0.150. The van der Waals surface area contributed by atoms with Crippen LogP contribution in [0.2, 0.25) is 0 Å². The van der Waals surface area contributed by atoms with Crippen LogP contribution in [0.1, 0.15) is 28.1 Å². The Bertz CT molecular complexity index is 1170. The van der Waals surface area contributed by atoms with E-state index in [4.69, 9.17) is 4.74 Å². The molecule has 0 radical (unpaired) electrons. The van der Waals surface area contributed by atoms with E-state index in [1.807, 2.05) is 89.8 Å². The van der Waals surface area contributed by atoms with E-state index in [9.17, 15) is 4.79 Å². The summed E-state index contributed by atoms with van der Waals surface area (Å²) < 4.78 is 6.21. The van der Waals surface area contributed by atoms with Gasteiger partial charge in [-0.3, -0.25) is 4.79 Å². The van der Waals surface area contributed by atoms with Crippen molar-refractivity contribution >= 4 is 17.7 Å². The summed E-state index contributed by atoms with van der Waals surface area (Å²) in [6.07, 6.45) is -0.504. The highest BCUT2D eigenvalue weighted by atomic mass is 32.2. The monoisotopic (exact) mass is 451 g/mol. The van der Waals surface area contributed by atoms with E-state index in [-0.39, 0.29) is 17.3 Å². The fourth-order valence-electron chi connectivity index (χ4n) is 4.18. The van der Waals surface area contributed by atoms with Gasteiger partial charge in [-0.2, -0.15) is 0 Å². The molecule has 0 aliphatic carbocycles. The van der Waals surface area contributed by atoms with Crippen molar-refractivity contribution in [3.63, 3.8) is 0 Å². The van der Waals surface area contributed by atoms with E-state index < -0.39 is 6.10 Å². The maximum Gasteiger partial charge on any atom is 0.256 e. The molecule has 3 atom stereocenters. The molecular weight excluding hydrogens is 426 g/mol. The van der Waals surface area contributed by atoms with Crippen molar-refractivity contribution in [1.29, 1.82) is 0 Å². The fraction of sp³-hybridized carbons (Fsp3) is 0.138. The minimum atomic E-state index is -0.504. The molecule has 164 valence electrons. The highest BCUT2D eigenvalue weighted by molar-refractivity contribution is 7.99. The van der Waals surface area contributed by atoms with Gasteiger partial charge in [0.05, 0.1) is 12.6 Å². The van der Waals surface area contributed by atoms with Crippen molar-refractivity contribution in [3.8, 4) is 0 Å². The molecule has 1 saturated heterocycles. The van der Waals surface area contributed by atoms with Crippen molar-refractivity contribution in [3.05, 3.63) is 138 Å². The van der Waals surface area contributed by atoms with Crippen molar-refractivity contribution in [2.45, 2.75) is 29.0 Å². The number of carbonyl (C=O) groups is 1. The van der Waals surface area contributed by atoms with E-state index in [1.165, 1.54) is 0 Å². The van der Waals surface area contributed by atoms with Crippen molar-refractivity contribution in [2.75, 3.05) is 0 Å². The van der Waals surface area contributed by atoms with Gasteiger partial charge < -0.3 is 9.64 Å². The standard InChI is InChI=1S/C29H25NO2S/c31-28-27(32-21-22-13-5-1-6-14-22)26(23-15-7-2-8-16-23)30(28)29(24-17-9-3-10-18-24)33-25-19-11-4-12-20-25/h1-20,26-27,29H,21H2/t26-,27+,29+/m0/s1. The second-order valence-corrected chi connectivity index (χ2v) is 9.17. The fourth-order valence-corrected chi connectivity index (χ4v) is 5.40. The SMILES string of the molecule is O=C1[C@H](OCc2ccccc2)[C@H](c2ccccc2)N1[C@H](Sc1ccccc1)c1ccccc1. The lowest BCUT2D eigenvalue weighted by atomic mass is 9.89. The number of rotatable bonds is 8. The van der Waals surface area contributed by atoms with E-state index in [0.717, 1.165) is 21.6 Å². The first-order valence-electron chi connectivity index (χ1n) is 11.1. The van der Waals surface area contributed by atoms with E-state index in [1.54, 1.807) is 11.8 Å². The number of benzene rings is 4. The topological polar surface area (TPSA) is 29.5 Å². The summed E-state index contributed by atoms with van der Waals surface area (Å²) in [6.45, 7) is 0.413. The van der Waals surface area contributed by atoms with Crippen LogP contribution >= 0.6 is 11.8 Å². The first-order valence-corrected chi connectivity index (χ1v) is 12.0. The highest BCUT2D eigenvalue weighted by Crippen LogP contribution is 2.49. The molecule has 33 heavy (non-hydrogen) atoms. The molecule has 1 amide bonds. The zero-order chi connectivity index (χ0) is 22.5. The molecule has 1 fully saturated rings. The summed E-state index contributed by atoms with van der Waals surface area (Å²) >= 11 is 1.69. The smallest absolute Gasteiger partial charge is 0.256 e. The van der Waals surface area contributed by atoms with E-state index in [2.05, 4.69) is 36.4 Å². The second-order valence-electron chi connectivity index (χ2n) is 8.01. The number of nitrogens with zero attached hydrogens (tertiary/aromatic N) is 1. The molecule has 3 nitrogen and oxygen atoms in total. The molecule has 0 N–H and O–H groups in total. The maximum absolute atomic E-state index is 13.6.